The summed E-state index contributed by atoms with van der Waals surface area (Å²) in [7, 11) is 0. The van der Waals surface area contributed by atoms with E-state index in [0.29, 0.717) is 48.1 Å². The highest BCUT2D eigenvalue weighted by Crippen LogP contribution is 2.43. The van der Waals surface area contributed by atoms with Crippen molar-refractivity contribution in [1.29, 1.82) is 0 Å². The zero-order valence-electron chi connectivity index (χ0n) is 30.0. The number of anilines is 2. The average Bonchev–Trinajstić information content (AvgIpc) is 3.83. The number of aromatic hydroxyl groups is 1. The molecule has 0 radical (unpaired) electrons. The maximum atomic E-state index is 15.2. The van der Waals surface area contributed by atoms with Gasteiger partial charge in [-0.15, -0.1) is 12.4 Å². The number of phenolic OH excluding ortho intramolecular Hbond substituents is 1. The number of phenols is 1. The van der Waals surface area contributed by atoms with Crippen LogP contribution in [0.4, 0.5) is 11.4 Å². The highest BCUT2D eigenvalue weighted by molar-refractivity contribution is 6.12. The van der Waals surface area contributed by atoms with Gasteiger partial charge in [-0.05, 0) is 91.4 Å². The third-order valence-electron chi connectivity index (χ3n) is 11.0. The van der Waals surface area contributed by atoms with Crippen LogP contribution >= 0.6 is 12.4 Å². The first kappa shape index (κ1) is 35.7. The van der Waals surface area contributed by atoms with Gasteiger partial charge in [-0.3, -0.25) is 19.4 Å². The second-order valence-corrected chi connectivity index (χ2v) is 14.2. The van der Waals surface area contributed by atoms with Gasteiger partial charge in [0.05, 0.1) is 24.3 Å². The molecule has 1 N–H and O–H groups in total. The Balaban J connectivity index is 0.00000413. The fourth-order valence-corrected chi connectivity index (χ4v) is 8.32. The zero-order valence-corrected chi connectivity index (χ0v) is 30.8. The third-order valence-corrected chi connectivity index (χ3v) is 11.0. The third kappa shape index (κ3) is 6.70. The molecule has 4 aliphatic rings. The van der Waals surface area contributed by atoms with E-state index in [4.69, 9.17) is 14.2 Å². The number of amides is 2. The molecule has 11 heteroatoms. The molecule has 0 unspecified atom stereocenters. The highest BCUT2D eigenvalue weighted by atomic mass is 35.5. The first-order chi connectivity index (χ1) is 26.0. The number of fused-ring (bicyclic) bond motifs is 3. The molecule has 54 heavy (non-hydrogen) atoms. The first-order valence-corrected chi connectivity index (χ1v) is 18.5. The molecule has 4 aliphatic heterocycles. The van der Waals surface area contributed by atoms with Crippen molar-refractivity contribution in [2.45, 2.75) is 44.8 Å². The van der Waals surface area contributed by atoms with Crippen LogP contribution in [0.5, 0.6) is 17.2 Å². The lowest BCUT2D eigenvalue weighted by molar-refractivity contribution is 0.0193. The minimum Gasteiger partial charge on any atom is -0.508 e. The van der Waals surface area contributed by atoms with Crippen molar-refractivity contribution in [3.63, 3.8) is 0 Å². The number of carbonyl (C=O) groups is 2. The minimum atomic E-state index is -0.175. The predicted molar refractivity (Wildman–Crippen MR) is 208 cm³/mol. The number of ether oxygens (including phenoxy) is 3. The van der Waals surface area contributed by atoms with Gasteiger partial charge >= 0.3 is 0 Å². The Bertz CT molecular complexity index is 2170. The molecule has 278 valence electrons. The van der Waals surface area contributed by atoms with Gasteiger partial charge in [-0.2, -0.15) is 0 Å². The van der Waals surface area contributed by atoms with Gasteiger partial charge in [0.2, 0.25) is 6.79 Å². The number of carbonyl (C=O) groups excluding carboxylic acids is 2. The van der Waals surface area contributed by atoms with Gasteiger partial charge < -0.3 is 28.8 Å². The molecule has 4 aromatic carbocycles. The summed E-state index contributed by atoms with van der Waals surface area (Å²) in [6.45, 7) is 5.14. The number of nitrogens with zero attached hydrogens (tertiary/aromatic N) is 4. The summed E-state index contributed by atoms with van der Waals surface area (Å²) in [5.74, 6) is 1.01. The van der Waals surface area contributed by atoms with E-state index >= 15 is 4.79 Å². The van der Waals surface area contributed by atoms with E-state index in [9.17, 15) is 9.90 Å². The molecule has 0 aliphatic carbocycles. The maximum Gasteiger partial charge on any atom is 0.264 e. The predicted octanol–water partition coefficient (Wildman–Crippen LogP) is 7.23. The van der Waals surface area contributed by atoms with E-state index in [-0.39, 0.29) is 42.8 Å². The summed E-state index contributed by atoms with van der Waals surface area (Å²) in [5, 5.41) is 10.1. The molecule has 0 saturated carbocycles. The second-order valence-electron chi connectivity index (χ2n) is 14.2. The highest BCUT2D eigenvalue weighted by Gasteiger charge is 2.36. The Morgan fingerprint density at radius 1 is 0.778 bits per heavy atom. The Hall–Kier alpha value is -5.29. The average molecular weight is 747 g/mol. The lowest BCUT2D eigenvalue weighted by atomic mass is 9.92. The molecule has 1 aromatic heterocycles. The van der Waals surface area contributed by atoms with Crippen LogP contribution in [0.15, 0.2) is 97.1 Å². The van der Waals surface area contributed by atoms with E-state index in [1.807, 2.05) is 59.5 Å². The van der Waals surface area contributed by atoms with E-state index in [0.717, 1.165) is 80.1 Å². The van der Waals surface area contributed by atoms with Crippen LogP contribution in [0, 0.1) is 0 Å². The van der Waals surface area contributed by atoms with Crippen molar-refractivity contribution in [2.75, 3.05) is 44.5 Å². The van der Waals surface area contributed by atoms with Crippen molar-refractivity contribution in [2.24, 2.45) is 0 Å². The van der Waals surface area contributed by atoms with Gasteiger partial charge in [0.1, 0.15) is 5.75 Å². The number of morpholine rings is 1. The van der Waals surface area contributed by atoms with Crippen molar-refractivity contribution >= 4 is 35.6 Å². The van der Waals surface area contributed by atoms with Gasteiger partial charge in [0, 0.05) is 67.1 Å². The van der Waals surface area contributed by atoms with E-state index in [1.54, 1.807) is 29.2 Å². The molecule has 0 bridgehead atoms. The van der Waals surface area contributed by atoms with Crippen LogP contribution in [0.3, 0.4) is 0 Å². The van der Waals surface area contributed by atoms with Gasteiger partial charge in [-0.25, -0.2) is 0 Å². The number of aromatic nitrogens is 1. The summed E-state index contributed by atoms with van der Waals surface area (Å²) in [6, 6.07) is 30.4. The van der Waals surface area contributed by atoms with Gasteiger partial charge in [-0.1, -0.05) is 42.5 Å². The standard InChI is InChI=1S/C43H42N4O6.ClH/c48-34-15-13-32(14-16-34)47(31-10-2-1-3-11-31)43(50)37-23-39(45-17-7-6-12-38(37)45)35-24-40-41(53-28-52-40)25-36(35)42(49)46-26-30-9-5-4-8-29(30)22-33(46)27-44-18-20-51-21-19-44;/h1-5,8-11,13-16,23-25,33,48H,6-7,12,17-22,26-28H2;1H/t33-;/m1./s1. The molecular formula is C43H43ClN4O6. The number of hydrogen-bond acceptors (Lipinski definition) is 7. The van der Waals surface area contributed by atoms with Crippen LogP contribution in [-0.4, -0.2) is 77.0 Å². The van der Waals surface area contributed by atoms with E-state index in [1.165, 1.54) is 5.56 Å². The molecule has 10 nitrogen and oxygen atoms in total. The molecular weight excluding hydrogens is 704 g/mol. The number of hydrogen-bond donors (Lipinski definition) is 1. The monoisotopic (exact) mass is 746 g/mol. The normalized spacial score (nSPS) is 17.6. The van der Waals surface area contributed by atoms with Crippen molar-refractivity contribution < 1.29 is 28.9 Å². The van der Waals surface area contributed by atoms with Crippen molar-refractivity contribution in [3.05, 3.63) is 125 Å². The van der Waals surface area contributed by atoms with Crippen molar-refractivity contribution in [1.82, 2.24) is 14.4 Å². The largest absolute Gasteiger partial charge is 0.508 e. The molecule has 9 rings (SSSR count). The lowest BCUT2D eigenvalue weighted by Gasteiger charge is -2.40. The van der Waals surface area contributed by atoms with Gasteiger partial charge in [0.15, 0.2) is 11.5 Å². The smallest absolute Gasteiger partial charge is 0.264 e. The number of benzene rings is 4. The molecule has 1 saturated heterocycles. The SMILES string of the molecule is Cl.O=C(c1cc(-c2cc3c(cc2C(=O)N2Cc4ccccc4C[C@@H]2CN2CCOCC2)OCO3)n2c1CCCC2)N(c1ccccc1)c1ccc(O)cc1. The Morgan fingerprint density at radius 3 is 2.26 bits per heavy atom. The van der Waals surface area contributed by atoms with Crippen LogP contribution in [0.1, 0.15) is 50.4 Å². The fraction of sp³-hybridized carbons (Fsp3) is 0.302. The molecule has 1 atom stereocenters. The lowest BCUT2D eigenvalue weighted by Crippen LogP contribution is -2.52. The number of para-hydroxylation sites is 1. The summed E-state index contributed by atoms with van der Waals surface area (Å²) >= 11 is 0. The van der Waals surface area contributed by atoms with Crippen LogP contribution in [0.25, 0.3) is 11.3 Å². The summed E-state index contributed by atoms with van der Waals surface area (Å²) in [6.07, 6.45) is 3.42. The van der Waals surface area contributed by atoms with Crippen LogP contribution < -0.4 is 14.4 Å². The molecule has 5 heterocycles. The van der Waals surface area contributed by atoms with E-state index < -0.39 is 0 Å². The van der Waals surface area contributed by atoms with Crippen LogP contribution in [-0.2, 0) is 30.7 Å². The Morgan fingerprint density at radius 2 is 1.48 bits per heavy atom. The topological polar surface area (TPSA) is 96.7 Å². The summed E-state index contributed by atoms with van der Waals surface area (Å²) < 4.78 is 19.6. The molecule has 2 amide bonds. The number of rotatable bonds is 7. The first-order valence-electron chi connectivity index (χ1n) is 18.5. The summed E-state index contributed by atoms with van der Waals surface area (Å²) in [4.78, 5) is 36.1. The molecule has 5 aromatic rings. The van der Waals surface area contributed by atoms with Crippen LogP contribution in [0.2, 0.25) is 0 Å². The second kappa shape index (κ2) is 15.2. The fourth-order valence-electron chi connectivity index (χ4n) is 8.32. The van der Waals surface area contributed by atoms with E-state index in [2.05, 4.69) is 27.7 Å². The molecule has 0 spiro atoms. The van der Waals surface area contributed by atoms with Crippen molar-refractivity contribution in [3.8, 4) is 28.5 Å². The zero-order chi connectivity index (χ0) is 35.9. The summed E-state index contributed by atoms with van der Waals surface area (Å²) in [5.41, 5.74) is 7.40. The van der Waals surface area contributed by atoms with Gasteiger partial charge in [0.25, 0.3) is 11.8 Å². The number of halogens is 1. The maximum absolute atomic E-state index is 15.2. The quantitative estimate of drug-likeness (QED) is 0.188. The molecule has 1 fully saturated rings. The minimum absolute atomic E-state index is 0. The Kier molecular flexibility index (Phi) is 10.1. The Labute approximate surface area is 320 Å².